The SMILES string of the molecule is O=P(O)(O)CP(=O)(O)OCl. The third-order valence-corrected chi connectivity index (χ3v) is 4.24. The van der Waals surface area contributed by atoms with Gasteiger partial charge in [-0.25, -0.2) is 0 Å². The van der Waals surface area contributed by atoms with Crippen LogP contribution in [0.4, 0.5) is 0 Å². The minimum Gasteiger partial charge on any atom is -0.324 e. The van der Waals surface area contributed by atoms with E-state index in [1.54, 1.807) is 0 Å². The van der Waals surface area contributed by atoms with Gasteiger partial charge in [0, 0.05) is 0 Å². The summed E-state index contributed by atoms with van der Waals surface area (Å²) in [5.41, 5.74) is 0. The fraction of sp³-hybridized carbons (Fsp3) is 1.00. The lowest BCUT2D eigenvalue weighted by Gasteiger charge is -2.06. The summed E-state index contributed by atoms with van der Waals surface area (Å²) in [6.45, 7) is 0. The Kier molecular flexibility index (Phi) is 3.52. The van der Waals surface area contributed by atoms with Gasteiger partial charge in [0.05, 0.1) is 11.9 Å². The molecular weight excluding hydrogens is 205 g/mol. The molecule has 0 aromatic carbocycles. The van der Waals surface area contributed by atoms with Crippen LogP contribution in [0.25, 0.3) is 0 Å². The maximum atomic E-state index is 10.3. The van der Waals surface area contributed by atoms with Gasteiger partial charge in [-0.3, -0.25) is 9.13 Å². The van der Waals surface area contributed by atoms with Gasteiger partial charge in [0.1, 0.15) is 0 Å². The molecule has 0 aromatic heterocycles. The highest BCUT2D eigenvalue weighted by molar-refractivity contribution is 7.70. The van der Waals surface area contributed by atoms with Crippen LogP contribution in [0.5, 0.6) is 0 Å². The average Bonchev–Trinajstić information content (AvgIpc) is 1.60. The first-order valence-electron chi connectivity index (χ1n) is 1.93. The van der Waals surface area contributed by atoms with Gasteiger partial charge < -0.3 is 14.7 Å². The topological polar surface area (TPSA) is 104 Å². The largest absolute Gasteiger partial charge is 0.356 e. The van der Waals surface area contributed by atoms with E-state index in [0.29, 0.717) is 0 Å². The monoisotopic (exact) mass is 210 g/mol. The molecule has 0 saturated carbocycles. The Bertz CT molecular complexity index is 194. The second-order valence-corrected chi connectivity index (χ2v) is 5.80. The highest BCUT2D eigenvalue weighted by Crippen LogP contribution is 2.55. The molecule has 10 heavy (non-hydrogen) atoms. The van der Waals surface area contributed by atoms with Gasteiger partial charge in [-0.05, 0) is 0 Å². The van der Waals surface area contributed by atoms with Gasteiger partial charge in [0.25, 0.3) is 0 Å². The van der Waals surface area contributed by atoms with Crippen molar-refractivity contribution >= 4 is 27.1 Å². The molecule has 3 N–H and O–H groups in total. The van der Waals surface area contributed by atoms with E-state index in [9.17, 15) is 9.13 Å². The van der Waals surface area contributed by atoms with Crippen LogP contribution in [-0.2, 0) is 13.2 Å². The highest BCUT2D eigenvalue weighted by atomic mass is 35.5. The molecular formula is CH5ClO6P2. The van der Waals surface area contributed by atoms with E-state index in [4.69, 9.17) is 14.7 Å². The van der Waals surface area contributed by atoms with Crippen LogP contribution >= 0.6 is 27.1 Å². The smallest absolute Gasteiger partial charge is 0.324 e. The van der Waals surface area contributed by atoms with E-state index in [1.165, 1.54) is 0 Å². The molecule has 0 rings (SSSR count). The Balaban J connectivity index is 4.17. The predicted octanol–water partition coefficient (Wildman–Crippen LogP) is 0.477. The van der Waals surface area contributed by atoms with Crippen LogP contribution in [0.15, 0.2) is 0 Å². The Morgan fingerprint density at radius 3 is 1.80 bits per heavy atom. The van der Waals surface area contributed by atoms with Gasteiger partial charge >= 0.3 is 15.2 Å². The molecule has 62 valence electrons. The van der Waals surface area contributed by atoms with Crippen LogP contribution in [0.1, 0.15) is 0 Å². The Labute approximate surface area is 61.6 Å². The summed E-state index contributed by atoms with van der Waals surface area (Å²) in [5, 5.41) is 0. The maximum Gasteiger partial charge on any atom is 0.356 e. The lowest BCUT2D eigenvalue weighted by molar-refractivity contribution is 0.365. The van der Waals surface area contributed by atoms with Gasteiger partial charge in [-0.1, -0.05) is 0 Å². The third-order valence-electron chi connectivity index (χ3n) is 0.471. The second kappa shape index (κ2) is 3.32. The molecule has 0 heterocycles. The molecule has 0 saturated heterocycles. The van der Waals surface area contributed by atoms with Crippen molar-refractivity contribution in [3.05, 3.63) is 0 Å². The van der Waals surface area contributed by atoms with Crippen molar-refractivity contribution in [1.29, 1.82) is 0 Å². The van der Waals surface area contributed by atoms with Crippen molar-refractivity contribution in [1.82, 2.24) is 0 Å². The summed E-state index contributed by atoms with van der Waals surface area (Å²) in [6, 6.07) is 0. The molecule has 0 aromatic rings. The van der Waals surface area contributed by atoms with Crippen molar-refractivity contribution in [2.75, 3.05) is 5.90 Å². The highest BCUT2D eigenvalue weighted by Gasteiger charge is 2.30. The average molecular weight is 210 g/mol. The molecule has 0 spiro atoms. The molecule has 0 fully saturated rings. The molecule has 0 bridgehead atoms. The van der Waals surface area contributed by atoms with Crippen molar-refractivity contribution < 1.29 is 27.9 Å². The third kappa shape index (κ3) is 5.38. The molecule has 0 amide bonds. The fourth-order valence-corrected chi connectivity index (χ4v) is 2.68. The summed E-state index contributed by atoms with van der Waals surface area (Å²) >= 11 is 4.44. The maximum absolute atomic E-state index is 10.3. The summed E-state index contributed by atoms with van der Waals surface area (Å²) in [5.74, 6) is -1.26. The zero-order chi connectivity index (χ0) is 8.41. The number of hydrogen-bond donors (Lipinski definition) is 3. The molecule has 9 heteroatoms. The molecule has 1 atom stereocenters. The second-order valence-electron chi connectivity index (χ2n) is 1.51. The lowest BCUT2D eigenvalue weighted by atomic mass is 11.9. The van der Waals surface area contributed by atoms with Crippen molar-refractivity contribution in [2.45, 2.75) is 0 Å². The fourth-order valence-electron chi connectivity index (χ4n) is 0.255. The van der Waals surface area contributed by atoms with E-state index >= 15 is 0 Å². The van der Waals surface area contributed by atoms with Crippen molar-refractivity contribution in [3.63, 3.8) is 0 Å². The molecule has 0 radical (unpaired) electrons. The normalized spacial score (nSPS) is 18.4. The molecule has 1 unspecified atom stereocenters. The van der Waals surface area contributed by atoms with Gasteiger partial charge in [-0.15, -0.1) is 0 Å². The molecule has 0 aliphatic carbocycles. The summed E-state index contributed by atoms with van der Waals surface area (Å²) in [4.78, 5) is 24.6. The summed E-state index contributed by atoms with van der Waals surface area (Å²) < 4.78 is 23.7. The van der Waals surface area contributed by atoms with Gasteiger partial charge in [0.2, 0.25) is 0 Å². The van der Waals surface area contributed by atoms with E-state index in [-0.39, 0.29) is 0 Å². The molecule has 6 nitrogen and oxygen atoms in total. The van der Waals surface area contributed by atoms with E-state index in [0.717, 1.165) is 0 Å². The Morgan fingerprint density at radius 1 is 1.30 bits per heavy atom. The lowest BCUT2D eigenvalue weighted by Crippen LogP contribution is -1.89. The first kappa shape index (κ1) is 10.6. The molecule has 0 aliphatic heterocycles. The van der Waals surface area contributed by atoms with Crippen LogP contribution < -0.4 is 0 Å². The predicted molar refractivity (Wildman–Crippen MR) is 33.7 cm³/mol. The van der Waals surface area contributed by atoms with Crippen molar-refractivity contribution in [2.24, 2.45) is 0 Å². The quantitative estimate of drug-likeness (QED) is 0.585. The minimum atomic E-state index is -4.53. The van der Waals surface area contributed by atoms with Gasteiger partial charge in [0.15, 0.2) is 5.90 Å². The number of rotatable bonds is 3. The van der Waals surface area contributed by atoms with Crippen molar-refractivity contribution in [3.8, 4) is 0 Å². The van der Waals surface area contributed by atoms with Crippen LogP contribution in [0.2, 0.25) is 0 Å². The van der Waals surface area contributed by atoms with Crippen LogP contribution in [0, 0.1) is 0 Å². The first-order valence-corrected chi connectivity index (χ1v) is 5.80. The summed E-state index contributed by atoms with van der Waals surface area (Å²) in [6.07, 6.45) is 0. The first-order chi connectivity index (χ1) is 4.27. The van der Waals surface area contributed by atoms with Crippen LogP contribution in [0.3, 0.4) is 0 Å². The van der Waals surface area contributed by atoms with Crippen LogP contribution in [-0.4, -0.2) is 20.6 Å². The molecule has 0 aliphatic rings. The van der Waals surface area contributed by atoms with E-state index in [1.807, 2.05) is 0 Å². The van der Waals surface area contributed by atoms with Gasteiger partial charge in [-0.2, -0.15) is 4.08 Å². The zero-order valence-electron chi connectivity index (χ0n) is 4.55. The Morgan fingerprint density at radius 2 is 1.70 bits per heavy atom. The zero-order valence-corrected chi connectivity index (χ0v) is 7.09. The minimum absolute atomic E-state index is 1.26. The number of hydrogen-bond acceptors (Lipinski definition) is 3. The summed E-state index contributed by atoms with van der Waals surface area (Å²) in [7, 11) is -8.82. The van der Waals surface area contributed by atoms with E-state index in [2.05, 4.69) is 15.9 Å². The Hall–Kier alpha value is 0.590. The van der Waals surface area contributed by atoms with E-state index < -0.39 is 21.1 Å². The number of halogens is 1. The standard InChI is InChI=1S/CH5ClO6P2/c2-8-10(6,7)1-9(3,4)5/h1H2,(H,6,7)(H2,3,4,5).